The average molecular weight is 1790 g/mol. The minimum absolute atomic E-state index is 0. The second-order valence-electron chi connectivity index (χ2n) is 20.6. The Balaban J connectivity index is 0.000000358. The van der Waals surface area contributed by atoms with Gasteiger partial charge in [0.15, 0.2) is 65.9 Å². The van der Waals surface area contributed by atoms with Crippen molar-refractivity contribution in [2.45, 2.75) is 0 Å². The van der Waals surface area contributed by atoms with E-state index >= 15 is 0 Å². The quantitative estimate of drug-likeness (QED) is 0.0200. The largest absolute Gasteiger partial charge is 3.00 e. The second kappa shape index (κ2) is 47.7. The predicted octanol–water partition coefficient (Wildman–Crippen LogP) is -9.16. The van der Waals surface area contributed by atoms with Gasteiger partial charge < -0.3 is 125 Å². The molecule has 0 unspecified atom stereocenters. The number of carbonyl (C=O) groups is 8. The van der Waals surface area contributed by atoms with E-state index in [1.165, 1.54) is 97.1 Å². The van der Waals surface area contributed by atoms with E-state index in [0.717, 1.165) is 48.5 Å². The molecule has 110 heavy (non-hydrogen) atoms. The van der Waals surface area contributed by atoms with Gasteiger partial charge in [0, 0.05) is 125 Å². The first kappa shape index (κ1) is 91.4. The molecule has 8 amide bonds. The zero-order valence-corrected chi connectivity index (χ0v) is 61.3. The molecule has 0 aliphatic carbocycles. The molecule has 42 nitrogen and oxygen atoms in total. The maximum absolute atomic E-state index is 11.8. The number of hydrogen-bond acceptors (Lipinski definition) is 24. The number of H-pyrrole nitrogens is 2. The molecule has 10 aromatic heterocycles. The topological polar surface area (TPSA) is 656 Å². The van der Waals surface area contributed by atoms with Crippen LogP contribution in [0.3, 0.4) is 0 Å². The first-order valence-corrected chi connectivity index (χ1v) is 30.9. The van der Waals surface area contributed by atoms with E-state index in [0.29, 0.717) is 0 Å². The summed E-state index contributed by atoms with van der Waals surface area (Å²) in [7, 11) is 0. The van der Waals surface area contributed by atoms with Crippen LogP contribution in [0.25, 0.3) is 0 Å². The SMILES string of the molecule is O=C(NCCNC(=O)c1cccc([O-])[n+]1[O-])c1cccc(=O)n1[O-].O=C(NCCNC(=O)c1cccc([O-])[n+]1[O-])c1cccc([O-])[n+]1[O-].O=C(NCCNC(=O)c1cccc([O-])[n+]1[O-])c1cccc([O-])[n+]1[O-].O=C(NCCNC(=O)c1cccc([O-])[n+]1[O-])c1cccc([O-])[n+]1[O-].[Eu+3].[Eu+3].c1cc[nH+]cc1.c1cc[nH+]cc1. The summed E-state index contributed by atoms with van der Waals surface area (Å²) < 4.78 is -0.381. The molecule has 0 spiro atoms. The van der Waals surface area contributed by atoms with Crippen LogP contribution in [0.2, 0.25) is 0 Å². The maximum Gasteiger partial charge on any atom is 3.00 e. The number of nitrogens with one attached hydrogen (secondary N) is 10. The van der Waals surface area contributed by atoms with E-state index in [2.05, 4.69) is 52.5 Å². The third-order valence-electron chi connectivity index (χ3n) is 13.2. The fourth-order valence-electron chi connectivity index (χ4n) is 7.97. The summed E-state index contributed by atoms with van der Waals surface area (Å²) in [5, 5.41) is 188. The van der Waals surface area contributed by atoms with Gasteiger partial charge in [0.2, 0.25) is 5.56 Å². The van der Waals surface area contributed by atoms with Crippen molar-refractivity contribution in [3.8, 4) is 41.2 Å². The monoisotopic (exact) mass is 1790 g/mol. The Bertz CT molecular complexity index is 4220. The van der Waals surface area contributed by atoms with E-state index in [4.69, 9.17) is 0 Å². The number of nitrogens with zero attached hydrogens (tertiary/aromatic N) is 8. The minimum Gasteiger partial charge on any atom is -0.822 e. The zero-order valence-electron chi connectivity index (χ0n) is 56.4. The summed E-state index contributed by atoms with van der Waals surface area (Å²) in [6.07, 6.45) is 7.50. The fourth-order valence-corrected chi connectivity index (χ4v) is 7.97. The van der Waals surface area contributed by atoms with E-state index in [1.54, 1.807) is 0 Å². The molecule has 0 atom stereocenters. The number of amides is 8. The summed E-state index contributed by atoms with van der Waals surface area (Å²) in [6, 6.07) is 39.5. The number of rotatable bonds is 20. The van der Waals surface area contributed by atoms with Gasteiger partial charge in [-0.25, -0.2) is 9.97 Å². The molecule has 0 saturated heterocycles. The van der Waals surface area contributed by atoms with Crippen molar-refractivity contribution < 1.29 is 216 Å². The van der Waals surface area contributed by atoms with Gasteiger partial charge in [-0.05, 0) is 48.5 Å². The molecule has 0 fully saturated rings. The Hall–Kier alpha value is -12.8. The normalized spacial score (nSPS) is 9.75. The first-order valence-electron chi connectivity index (χ1n) is 30.9. The minimum atomic E-state index is -0.867. The second-order valence-corrected chi connectivity index (χ2v) is 20.6. The summed E-state index contributed by atoms with van der Waals surface area (Å²) in [4.78, 5) is 111. The molecular weight excluding hydrogens is 1730 g/mol. The van der Waals surface area contributed by atoms with E-state index < -0.39 is 94.0 Å². The molecule has 10 rings (SSSR count). The average Bonchev–Trinajstić information content (AvgIpc) is 0.888. The Morgan fingerprint density at radius 3 is 0.600 bits per heavy atom. The van der Waals surface area contributed by atoms with Crippen LogP contribution in [-0.4, -0.2) is 104 Å². The van der Waals surface area contributed by atoms with Crippen molar-refractivity contribution in [3.63, 3.8) is 0 Å². The van der Waals surface area contributed by atoms with Crippen molar-refractivity contribution in [2.75, 3.05) is 52.4 Å². The number of pyridine rings is 10. The van der Waals surface area contributed by atoms with Crippen LogP contribution < -0.4 is 127 Å². The summed E-state index contributed by atoms with van der Waals surface area (Å²) >= 11 is 0. The third-order valence-corrected chi connectivity index (χ3v) is 13.2. The smallest absolute Gasteiger partial charge is 0.822 e. The molecule has 0 bridgehead atoms. The van der Waals surface area contributed by atoms with Crippen molar-refractivity contribution in [3.05, 3.63) is 304 Å². The Kier molecular flexibility index (Phi) is 39.7. The van der Waals surface area contributed by atoms with Gasteiger partial charge in [0.25, 0.3) is 45.8 Å². The number of aromatic amines is 2. The molecule has 0 radical (unpaired) electrons. The van der Waals surface area contributed by atoms with E-state index in [-0.39, 0.29) is 235 Å². The van der Waals surface area contributed by atoms with Gasteiger partial charge in [-0.1, -0.05) is 60.7 Å². The molecule has 0 aliphatic rings. The van der Waals surface area contributed by atoms with Crippen molar-refractivity contribution in [1.29, 1.82) is 0 Å². The van der Waals surface area contributed by atoms with Crippen LogP contribution in [0.1, 0.15) is 83.9 Å². The summed E-state index contributed by atoms with van der Waals surface area (Å²) in [6.45, 7) is -0.416. The molecule has 44 heteroatoms. The molecule has 0 aromatic carbocycles. The molecule has 10 heterocycles. The van der Waals surface area contributed by atoms with Gasteiger partial charge in [0.05, 0.1) is 0 Å². The van der Waals surface area contributed by atoms with Crippen LogP contribution in [-0.2, 0) is 0 Å². The molecule has 572 valence electrons. The maximum atomic E-state index is 11.8. The Labute approximate surface area is 701 Å². The molecular formula is C66H60Eu2N18O24. The summed E-state index contributed by atoms with van der Waals surface area (Å²) in [5.41, 5.74) is -3.83. The van der Waals surface area contributed by atoms with Gasteiger partial charge >= 0.3 is 140 Å². The number of hydrogen-bond donors (Lipinski definition) is 8. The zero-order chi connectivity index (χ0) is 79.2. The van der Waals surface area contributed by atoms with Gasteiger partial charge in [-0.2, -0.15) is 33.1 Å². The van der Waals surface area contributed by atoms with Gasteiger partial charge in [0.1, 0.15) is 5.69 Å². The molecule has 0 saturated carbocycles. The van der Waals surface area contributed by atoms with Crippen LogP contribution in [0.15, 0.2) is 212 Å². The van der Waals surface area contributed by atoms with Crippen LogP contribution in [0.5, 0.6) is 41.2 Å². The van der Waals surface area contributed by atoms with Gasteiger partial charge in [-0.3, -0.25) is 43.2 Å². The number of carbonyl (C=O) groups excluding carboxylic acids is 8. The Morgan fingerprint density at radius 2 is 0.436 bits per heavy atom. The predicted molar refractivity (Wildman–Crippen MR) is 348 cm³/mol. The molecule has 10 N–H and O–H groups in total. The van der Waals surface area contributed by atoms with Crippen molar-refractivity contribution >= 4 is 47.3 Å². The van der Waals surface area contributed by atoms with E-state index in [9.17, 15) is 121 Å². The molecule has 10 aromatic rings. The third kappa shape index (κ3) is 28.8. The first-order chi connectivity index (χ1) is 51.7. The van der Waals surface area contributed by atoms with Crippen molar-refractivity contribution in [2.24, 2.45) is 0 Å². The van der Waals surface area contributed by atoms with Crippen LogP contribution in [0.4, 0.5) is 0 Å². The van der Waals surface area contributed by atoms with Crippen LogP contribution in [0, 0.1) is 140 Å². The standard InChI is InChI=1S/3C14H14N4O6.C14H13N4O6.2C5H5N.2Eu/c4*19-11-5-1-3-9(17(11)23)13(21)15-7-8-16-14(22)10-4-2-6-12(20)18(10)24;2*1-2-4-6-5-3-1;;/h3*1-6,19-20H,7-8H2,(H,15,21)(H,16,22);1-6,19H,7-8H2,(H,15,21)(H,16,22);2*1-5H;;/q;;;-1;;;2*+3/p-5. The van der Waals surface area contributed by atoms with E-state index in [1.807, 2.05) is 61.2 Å². The summed E-state index contributed by atoms with van der Waals surface area (Å²) in [5.74, 6) is -12.3. The van der Waals surface area contributed by atoms with Crippen LogP contribution >= 0.6 is 0 Å². The van der Waals surface area contributed by atoms with Crippen molar-refractivity contribution in [1.82, 2.24) is 47.3 Å². The number of aromatic nitrogens is 10. The fraction of sp³-hybridized carbons (Fsp3) is 0.121. The Morgan fingerprint density at radius 1 is 0.264 bits per heavy atom. The van der Waals surface area contributed by atoms with Gasteiger partial charge in [-0.15, -0.1) is 0 Å². The molecule has 0 aliphatic heterocycles.